The number of rotatable bonds is 12. The number of carbonyl (C=O) groups excluding carboxylic acids is 1. The van der Waals surface area contributed by atoms with Crippen molar-refractivity contribution < 1.29 is 35.5 Å². The Labute approximate surface area is 257 Å². The molecule has 0 aromatic heterocycles. The minimum absolute atomic E-state index is 0.0571. The summed E-state index contributed by atoms with van der Waals surface area (Å²) < 4.78 is 81.5. The van der Waals surface area contributed by atoms with E-state index in [-0.39, 0.29) is 47.0 Å². The lowest BCUT2D eigenvalue weighted by Crippen LogP contribution is -2.44. The van der Waals surface area contributed by atoms with Gasteiger partial charge in [0.05, 0.1) is 22.5 Å². The minimum Gasteiger partial charge on any atom is -0.390 e. The molecule has 2 unspecified atom stereocenters. The second-order valence-electron chi connectivity index (χ2n) is 11.2. The molecule has 0 bridgehead atoms. The van der Waals surface area contributed by atoms with Gasteiger partial charge in [-0.05, 0) is 65.4 Å². The van der Waals surface area contributed by atoms with Gasteiger partial charge in [0.2, 0.25) is 10.0 Å². The highest BCUT2D eigenvalue weighted by atomic mass is 32.2. The molecule has 238 valence electrons. The Hall–Kier alpha value is -3.23. The van der Waals surface area contributed by atoms with Crippen LogP contribution in [0.25, 0.3) is 0 Å². The maximum atomic E-state index is 13.8. The molecule has 3 aromatic rings. The Morgan fingerprint density at radius 1 is 1.05 bits per heavy atom. The van der Waals surface area contributed by atoms with E-state index in [4.69, 9.17) is 0 Å². The lowest BCUT2D eigenvalue weighted by molar-refractivity contribution is 0.0827. The van der Waals surface area contributed by atoms with Crippen LogP contribution >= 0.6 is 0 Å². The van der Waals surface area contributed by atoms with E-state index in [9.17, 15) is 35.5 Å². The number of aryl methyl sites for hydroxylation is 1. The molecule has 0 radical (unpaired) electrons. The number of nitrogens with one attached hydrogen (secondary N) is 1. The third kappa shape index (κ3) is 8.27. The molecule has 0 fully saturated rings. The van der Waals surface area contributed by atoms with E-state index in [1.54, 1.807) is 6.07 Å². The quantitative estimate of drug-likeness (QED) is 0.309. The molecule has 44 heavy (non-hydrogen) atoms. The van der Waals surface area contributed by atoms with Crippen molar-refractivity contribution in [1.82, 2.24) is 14.5 Å². The molecule has 0 aliphatic carbocycles. The van der Waals surface area contributed by atoms with Crippen molar-refractivity contribution in [2.24, 2.45) is 0 Å². The van der Waals surface area contributed by atoms with E-state index in [1.165, 1.54) is 43.3 Å². The molecule has 1 aliphatic rings. The maximum Gasteiger partial charge on any atom is 0.253 e. The van der Waals surface area contributed by atoms with Gasteiger partial charge in [-0.3, -0.25) is 4.79 Å². The summed E-state index contributed by atoms with van der Waals surface area (Å²) in [4.78, 5) is 13.6. The molecule has 0 saturated carbocycles. The highest BCUT2D eigenvalue weighted by Gasteiger charge is 2.32. The van der Waals surface area contributed by atoms with Crippen LogP contribution in [0.1, 0.15) is 45.6 Å². The lowest BCUT2D eigenvalue weighted by atomic mass is 9.98. The molecular weight excluding hydrogens is 612 g/mol. The van der Waals surface area contributed by atoms with Gasteiger partial charge in [-0.2, -0.15) is 4.31 Å². The Morgan fingerprint density at radius 3 is 2.41 bits per heavy atom. The molecule has 0 saturated heterocycles. The fourth-order valence-corrected chi connectivity index (χ4v) is 8.41. The summed E-state index contributed by atoms with van der Waals surface area (Å²) in [7, 11) is -4.62. The van der Waals surface area contributed by atoms with Gasteiger partial charge in [0.15, 0.2) is 9.84 Å². The summed E-state index contributed by atoms with van der Waals surface area (Å²) in [5.74, 6) is -2.25. The number of aliphatic hydroxyl groups excluding tert-OH is 1. The molecule has 4 rings (SSSR count). The fourth-order valence-electron chi connectivity index (χ4n) is 5.22. The molecule has 9 nitrogen and oxygen atoms in total. The number of nitrogens with zero attached hydrogens (tertiary/aromatic N) is 2. The second kappa shape index (κ2) is 13.8. The first-order valence-electron chi connectivity index (χ1n) is 14.2. The van der Waals surface area contributed by atoms with Crippen LogP contribution in [0.5, 0.6) is 0 Å². The molecule has 13 heteroatoms. The molecule has 2 N–H and O–H groups in total. The van der Waals surface area contributed by atoms with Crippen molar-refractivity contribution in [2.45, 2.75) is 42.6 Å². The first-order valence-corrected chi connectivity index (χ1v) is 17.4. The summed E-state index contributed by atoms with van der Waals surface area (Å²) in [6.45, 7) is 1.23. The number of sulfone groups is 1. The van der Waals surface area contributed by atoms with Gasteiger partial charge in [0.25, 0.3) is 5.91 Å². The van der Waals surface area contributed by atoms with Crippen LogP contribution in [0.2, 0.25) is 0 Å². The maximum absolute atomic E-state index is 13.8. The molecule has 0 spiro atoms. The van der Waals surface area contributed by atoms with Crippen LogP contribution in [-0.4, -0.2) is 82.6 Å². The Balaban J connectivity index is 1.58. The number of hydrogen-bond acceptors (Lipinski definition) is 7. The van der Waals surface area contributed by atoms with Crippen LogP contribution in [0, 0.1) is 11.6 Å². The smallest absolute Gasteiger partial charge is 0.253 e. The van der Waals surface area contributed by atoms with E-state index in [0.717, 1.165) is 34.0 Å². The molecule has 3 aromatic carbocycles. The van der Waals surface area contributed by atoms with Gasteiger partial charge in [-0.25, -0.2) is 25.6 Å². The molecule has 1 amide bonds. The molecule has 1 heterocycles. The monoisotopic (exact) mass is 649 g/mol. The third-order valence-corrected chi connectivity index (χ3v) is 11.0. The van der Waals surface area contributed by atoms with Gasteiger partial charge in [0.1, 0.15) is 11.6 Å². The van der Waals surface area contributed by atoms with E-state index < -0.39 is 56.1 Å². The molecule has 1 aliphatic heterocycles. The van der Waals surface area contributed by atoms with E-state index in [2.05, 4.69) is 5.32 Å². The number of benzene rings is 3. The molecular formula is C31H37F2N3O6S2. The van der Waals surface area contributed by atoms with Gasteiger partial charge in [0, 0.05) is 51.4 Å². The van der Waals surface area contributed by atoms with Crippen molar-refractivity contribution in [3.63, 3.8) is 0 Å². The predicted octanol–water partition coefficient (Wildman–Crippen LogP) is 3.08. The lowest BCUT2D eigenvalue weighted by Gasteiger charge is -2.29. The number of carbonyl (C=O) groups is 1. The normalized spacial score (nSPS) is 16.8. The number of aliphatic hydroxyl groups is 1. The summed E-state index contributed by atoms with van der Waals surface area (Å²) >= 11 is 0. The average molecular weight is 650 g/mol. The highest BCUT2D eigenvalue weighted by Crippen LogP contribution is 2.29. The highest BCUT2D eigenvalue weighted by molar-refractivity contribution is 7.90. The van der Waals surface area contributed by atoms with Crippen molar-refractivity contribution in [2.75, 3.05) is 39.5 Å². The SMILES string of the molecule is CCc1ccc2c(c1)C(NCC(O)CN(CCc1cc(F)cc(F)c1)S(=O)(=O)c1cccc(C(=O)N(C)C)c1)CS(=O)(=O)C2. The van der Waals surface area contributed by atoms with Crippen LogP contribution in [0.3, 0.4) is 0 Å². The second-order valence-corrected chi connectivity index (χ2v) is 15.2. The summed E-state index contributed by atoms with van der Waals surface area (Å²) in [6.07, 6.45) is -0.569. The largest absolute Gasteiger partial charge is 0.390 e. The number of sulfonamides is 1. The number of halogens is 2. The zero-order valence-corrected chi connectivity index (χ0v) is 26.5. The first-order chi connectivity index (χ1) is 20.7. The summed E-state index contributed by atoms with van der Waals surface area (Å²) in [5, 5.41) is 14.1. The van der Waals surface area contributed by atoms with Gasteiger partial charge < -0.3 is 15.3 Å². The van der Waals surface area contributed by atoms with Gasteiger partial charge in [-0.15, -0.1) is 0 Å². The topological polar surface area (TPSA) is 124 Å². The number of fused-ring (bicyclic) bond motifs is 1. The van der Waals surface area contributed by atoms with Crippen LogP contribution in [0.15, 0.2) is 65.6 Å². The van der Waals surface area contributed by atoms with Crippen molar-refractivity contribution in [1.29, 1.82) is 0 Å². The molecule has 2 atom stereocenters. The standard InChI is InChI=1S/C31H37F2N3O6S2/c1-4-21-8-9-24-19-43(39,40)20-30(29(24)14-21)34-17-27(37)18-36(11-10-22-12-25(32)16-26(33)13-22)44(41,42)28-7-5-6-23(15-28)31(38)35(2)3/h5-9,12-16,27,30,34,37H,4,10-11,17-20H2,1-3H3. The van der Waals surface area contributed by atoms with E-state index in [0.29, 0.717) is 11.6 Å². The summed E-state index contributed by atoms with van der Waals surface area (Å²) in [6, 6.07) is 13.5. The Bertz CT molecular complexity index is 1710. The van der Waals surface area contributed by atoms with E-state index >= 15 is 0 Å². The van der Waals surface area contributed by atoms with Gasteiger partial charge >= 0.3 is 0 Å². The number of hydrogen-bond donors (Lipinski definition) is 2. The zero-order valence-electron chi connectivity index (χ0n) is 24.8. The summed E-state index contributed by atoms with van der Waals surface area (Å²) in [5.41, 5.74) is 2.92. The average Bonchev–Trinajstić information content (AvgIpc) is 2.96. The fraction of sp³-hybridized carbons (Fsp3) is 0.387. The van der Waals surface area contributed by atoms with Crippen LogP contribution in [0.4, 0.5) is 8.78 Å². The van der Waals surface area contributed by atoms with Crippen molar-refractivity contribution >= 4 is 25.8 Å². The Morgan fingerprint density at radius 2 is 1.75 bits per heavy atom. The Kier molecular flexibility index (Phi) is 10.6. The predicted molar refractivity (Wildman–Crippen MR) is 163 cm³/mol. The zero-order chi connectivity index (χ0) is 32.2. The third-order valence-electron chi connectivity index (χ3n) is 7.50. The van der Waals surface area contributed by atoms with E-state index in [1.807, 2.05) is 19.1 Å². The van der Waals surface area contributed by atoms with Crippen LogP contribution < -0.4 is 5.32 Å². The van der Waals surface area contributed by atoms with Crippen molar-refractivity contribution in [3.05, 3.63) is 100 Å². The number of amides is 1. The van der Waals surface area contributed by atoms with Gasteiger partial charge in [-0.1, -0.05) is 31.2 Å². The van der Waals surface area contributed by atoms with Crippen LogP contribution in [-0.2, 0) is 38.5 Å². The van der Waals surface area contributed by atoms with Crippen molar-refractivity contribution in [3.8, 4) is 0 Å². The first kappa shape index (κ1) is 33.7. The minimum atomic E-state index is -4.30.